The molecule has 2 nitrogen and oxygen atoms in total. The van der Waals surface area contributed by atoms with E-state index in [2.05, 4.69) is 20.9 Å². The summed E-state index contributed by atoms with van der Waals surface area (Å²) in [6.07, 6.45) is 1.47. The molecule has 0 aliphatic heterocycles. The molecule has 2 aromatic rings. The summed E-state index contributed by atoms with van der Waals surface area (Å²) in [6.45, 7) is 0. The van der Waals surface area contributed by atoms with Gasteiger partial charge in [0.1, 0.15) is 11.9 Å². The van der Waals surface area contributed by atoms with Gasteiger partial charge in [0.15, 0.2) is 0 Å². The fourth-order valence-electron chi connectivity index (χ4n) is 1.47. The van der Waals surface area contributed by atoms with Gasteiger partial charge in [-0.2, -0.15) is 0 Å². The molecule has 0 saturated heterocycles. The van der Waals surface area contributed by atoms with Crippen LogP contribution in [-0.4, -0.2) is 10.1 Å². The third-order valence-electron chi connectivity index (χ3n) is 2.36. The number of aliphatic hydroxyl groups is 1. The summed E-state index contributed by atoms with van der Waals surface area (Å²) in [4.78, 5) is 3.64. The molecule has 0 aliphatic rings. The Morgan fingerprint density at radius 1 is 1.35 bits per heavy atom. The largest absolute Gasteiger partial charge is 0.384 e. The zero-order valence-electron chi connectivity index (χ0n) is 8.57. The number of aliphatic hydroxyl groups excluding tert-OH is 1. The van der Waals surface area contributed by atoms with Gasteiger partial charge in [-0.15, -0.1) is 0 Å². The summed E-state index contributed by atoms with van der Waals surface area (Å²) in [7, 11) is 0. The highest BCUT2D eigenvalue weighted by Gasteiger charge is 2.15. The summed E-state index contributed by atoms with van der Waals surface area (Å²) in [6, 6.07) is 6.40. The van der Waals surface area contributed by atoms with Gasteiger partial charge in [-0.25, -0.2) is 4.39 Å². The summed E-state index contributed by atoms with van der Waals surface area (Å²) in [5.74, 6) is -0.536. The van der Waals surface area contributed by atoms with Crippen molar-refractivity contribution in [3.63, 3.8) is 0 Å². The number of nitrogens with zero attached hydrogens (tertiary/aromatic N) is 1. The lowest BCUT2D eigenvalue weighted by Crippen LogP contribution is -2.02. The average molecular weight is 317 g/mol. The van der Waals surface area contributed by atoms with Crippen LogP contribution in [0.4, 0.5) is 4.39 Å². The first kappa shape index (κ1) is 12.5. The first-order valence-corrected chi connectivity index (χ1v) is 5.99. The first-order valence-electron chi connectivity index (χ1n) is 4.82. The van der Waals surface area contributed by atoms with Gasteiger partial charge in [-0.3, -0.25) is 4.98 Å². The summed E-state index contributed by atoms with van der Waals surface area (Å²) in [5, 5.41) is 10.6. The third kappa shape index (κ3) is 2.65. The van der Waals surface area contributed by atoms with Crippen molar-refractivity contribution in [2.45, 2.75) is 6.10 Å². The topological polar surface area (TPSA) is 33.1 Å². The fourth-order valence-corrected chi connectivity index (χ4v) is 1.98. The number of hydrogen-bond donors (Lipinski definition) is 1. The standard InChI is InChI=1S/C12H8BrClFNO/c13-9-5-7(1-2-10(9)14)12(17)8-3-4-16-6-11(8)15/h1-6,12,17H. The SMILES string of the molecule is OC(c1ccc(Cl)c(Br)c1)c1ccncc1F. The van der Waals surface area contributed by atoms with Crippen molar-refractivity contribution < 1.29 is 9.50 Å². The van der Waals surface area contributed by atoms with E-state index in [1.807, 2.05) is 0 Å². The Bertz CT molecular complexity index is 550. The van der Waals surface area contributed by atoms with Crippen molar-refractivity contribution in [1.82, 2.24) is 4.98 Å². The monoisotopic (exact) mass is 315 g/mol. The molecule has 2 rings (SSSR count). The van der Waals surface area contributed by atoms with Gasteiger partial charge < -0.3 is 5.11 Å². The maximum absolute atomic E-state index is 13.4. The molecule has 0 saturated carbocycles. The van der Waals surface area contributed by atoms with Crippen LogP contribution in [0.3, 0.4) is 0 Å². The summed E-state index contributed by atoms with van der Waals surface area (Å²) in [5.41, 5.74) is 0.751. The Morgan fingerprint density at radius 2 is 2.12 bits per heavy atom. The molecule has 0 fully saturated rings. The van der Waals surface area contributed by atoms with Crippen molar-refractivity contribution in [2.24, 2.45) is 0 Å². The lowest BCUT2D eigenvalue weighted by Gasteiger charge is -2.12. The number of rotatable bonds is 2. The number of halogens is 3. The fraction of sp³-hybridized carbons (Fsp3) is 0.0833. The van der Waals surface area contributed by atoms with Crippen molar-refractivity contribution in [3.05, 3.63) is 63.1 Å². The Labute approximate surface area is 111 Å². The van der Waals surface area contributed by atoms with Gasteiger partial charge in [-0.1, -0.05) is 17.7 Å². The molecule has 0 radical (unpaired) electrons. The Kier molecular flexibility index (Phi) is 3.76. The lowest BCUT2D eigenvalue weighted by atomic mass is 10.0. The van der Waals surface area contributed by atoms with Crippen LogP contribution in [0.2, 0.25) is 5.02 Å². The van der Waals surface area contributed by atoms with E-state index in [4.69, 9.17) is 11.6 Å². The minimum atomic E-state index is -1.04. The predicted octanol–water partition coefficient (Wildman–Crippen LogP) is 3.72. The van der Waals surface area contributed by atoms with Gasteiger partial charge >= 0.3 is 0 Å². The van der Waals surface area contributed by atoms with Crippen LogP contribution in [0.5, 0.6) is 0 Å². The zero-order valence-corrected chi connectivity index (χ0v) is 10.9. The van der Waals surface area contributed by atoms with E-state index in [0.717, 1.165) is 6.20 Å². The Morgan fingerprint density at radius 3 is 2.76 bits per heavy atom. The molecular formula is C12H8BrClFNO. The number of aromatic nitrogens is 1. The van der Waals surface area contributed by atoms with Crippen molar-refractivity contribution in [1.29, 1.82) is 0 Å². The van der Waals surface area contributed by atoms with E-state index >= 15 is 0 Å². The molecule has 1 atom stereocenters. The summed E-state index contributed by atoms with van der Waals surface area (Å²) < 4.78 is 14.1. The van der Waals surface area contributed by atoms with Crippen LogP contribution in [0.25, 0.3) is 0 Å². The zero-order chi connectivity index (χ0) is 12.4. The van der Waals surface area contributed by atoms with Crippen LogP contribution in [-0.2, 0) is 0 Å². The minimum Gasteiger partial charge on any atom is -0.384 e. The van der Waals surface area contributed by atoms with Crippen molar-refractivity contribution in [3.8, 4) is 0 Å². The van der Waals surface area contributed by atoms with E-state index in [1.165, 1.54) is 12.3 Å². The highest BCUT2D eigenvalue weighted by Crippen LogP contribution is 2.29. The molecule has 88 valence electrons. The van der Waals surface area contributed by atoms with Crippen LogP contribution >= 0.6 is 27.5 Å². The van der Waals surface area contributed by atoms with Gasteiger partial charge in [-0.05, 0) is 39.7 Å². The minimum absolute atomic E-state index is 0.189. The van der Waals surface area contributed by atoms with Crippen LogP contribution in [0, 0.1) is 5.82 Å². The second-order valence-electron chi connectivity index (χ2n) is 3.47. The molecule has 0 spiro atoms. The van der Waals surface area contributed by atoms with E-state index in [1.54, 1.807) is 18.2 Å². The lowest BCUT2D eigenvalue weighted by molar-refractivity contribution is 0.214. The van der Waals surface area contributed by atoms with E-state index in [0.29, 0.717) is 15.1 Å². The molecule has 1 heterocycles. The molecule has 17 heavy (non-hydrogen) atoms. The Hall–Kier alpha value is -0.970. The second-order valence-corrected chi connectivity index (χ2v) is 4.73. The second kappa shape index (κ2) is 5.12. The van der Waals surface area contributed by atoms with Crippen molar-refractivity contribution in [2.75, 3.05) is 0 Å². The average Bonchev–Trinajstić information content (AvgIpc) is 2.32. The molecule has 1 aromatic carbocycles. The number of hydrogen-bond acceptors (Lipinski definition) is 2. The van der Waals surface area contributed by atoms with Gasteiger partial charge in [0.2, 0.25) is 0 Å². The molecular weight excluding hydrogens is 308 g/mol. The highest BCUT2D eigenvalue weighted by atomic mass is 79.9. The normalized spacial score (nSPS) is 12.5. The molecule has 1 N–H and O–H groups in total. The van der Waals surface area contributed by atoms with Crippen molar-refractivity contribution >= 4 is 27.5 Å². The van der Waals surface area contributed by atoms with Gasteiger partial charge in [0.05, 0.1) is 11.2 Å². The van der Waals surface area contributed by atoms with E-state index < -0.39 is 11.9 Å². The van der Waals surface area contributed by atoms with E-state index in [9.17, 15) is 9.50 Å². The number of pyridine rings is 1. The summed E-state index contributed by atoms with van der Waals surface area (Å²) >= 11 is 9.11. The number of benzene rings is 1. The van der Waals surface area contributed by atoms with Crippen LogP contribution in [0.1, 0.15) is 17.2 Å². The maximum Gasteiger partial charge on any atom is 0.147 e. The molecule has 5 heteroatoms. The molecule has 1 unspecified atom stereocenters. The predicted molar refractivity (Wildman–Crippen MR) is 67.4 cm³/mol. The smallest absolute Gasteiger partial charge is 0.147 e. The maximum atomic E-state index is 13.4. The third-order valence-corrected chi connectivity index (χ3v) is 3.57. The molecule has 0 aliphatic carbocycles. The van der Waals surface area contributed by atoms with E-state index in [-0.39, 0.29) is 5.56 Å². The van der Waals surface area contributed by atoms with Gasteiger partial charge in [0.25, 0.3) is 0 Å². The molecule has 0 amide bonds. The molecule has 0 bridgehead atoms. The van der Waals surface area contributed by atoms with Crippen LogP contribution < -0.4 is 0 Å². The quantitative estimate of drug-likeness (QED) is 0.916. The highest BCUT2D eigenvalue weighted by molar-refractivity contribution is 9.10. The van der Waals surface area contributed by atoms with Gasteiger partial charge in [0, 0.05) is 16.2 Å². The molecule has 1 aromatic heterocycles. The van der Waals surface area contributed by atoms with Crippen LogP contribution in [0.15, 0.2) is 41.1 Å². The first-order chi connectivity index (χ1) is 8.09. The Balaban J connectivity index is 2.40.